The zero-order valence-corrected chi connectivity index (χ0v) is 10.1. The number of hydrogen-bond acceptors (Lipinski definition) is 2. The summed E-state index contributed by atoms with van der Waals surface area (Å²) >= 11 is 0.399. The van der Waals surface area contributed by atoms with Crippen molar-refractivity contribution in [2.24, 2.45) is 0 Å². The molecule has 0 heterocycles. The fourth-order valence-corrected chi connectivity index (χ4v) is 2.82. The van der Waals surface area contributed by atoms with Crippen molar-refractivity contribution in [3.8, 4) is 0 Å². The third-order valence-corrected chi connectivity index (χ3v) is 4.20. The van der Waals surface area contributed by atoms with Crippen LogP contribution in [0.3, 0.4) is 0 Å². The van der Waals surface area contributed by atoms with Crippen molar-refractivity contribution in [2.75, 3.05) is 0 Å². The second kappa shape index (κ2) is 5.84. The Morgan fingerprint density at radius 2 is 2.07 bits per heavy atom. The topological polar surface area (TPSA) is 26.3 Å². The summed E-state index contributed by atoms with van der Waals surface area (Å²) < 4.78 is 6.39. The van der Waals surface area contributed by atoms with E-state index in [-0.39, 0.29) is 12.1 Å². The third kappa shape index (κ3) is 4.45. The standard InChI is InChI=1S/C11H14O2Se/c1-9(13-10(2)12)8-14-11-6-4-3-5-7-11/h3-7,9H,8H2,1-2H3. The number of esters is 1. The molecular weight excluding hydrogens is 243 g/mol. The van der Waals surface area contributed by atoms with Crippen LogP contribution in [0, 0.1) is 0 Å². The van der Waals surface area contributed by atoms with Crippen LogP contribution < -0.4 is 4.46 Å². The number of benzene rings is 1. The molecule has 1 rings (SSSR count). The van der Waals surface area contributed by atoms with Gasteiger partial charge in [0.2, 0.25) is 0 Å². The average molecular weight is 257 g/mol. The van der Waals surface area contributed by atoms with E-state index in [2.05, 4.69) is 12.1 Å². The van der Waals surface area contributed by atoms with Crippen molar-refractivity contribution in [3.63, 3.8) is 0 Å². The summed E-state index contributed by atoms with van der Waals surface area (Å²) in [6, 6.07) is 10.3. The Bertz CT molecular complexity index is 285. The van der Waals surface area contributed by atoms with Crippen LogP contribution in [0.4, 0.5) is 0 Å². The number of ether oxygens (including phenoxy) is 1. The molecule has 0 fully saturated rings. The predicted molar refractivity (Wildman–Crippen MR) is 57.9 cm³/mol. The predicted octanol–water partition coefficient (Wildman–Crippen LogP) is 1.39. The fourth-order valence-electron chi connectivity index (χ4n) is 1.05. The first-order valence-corrected chi connectivity index (χ1v) is 6.60. The maximum absolute atomic E-state index is 10.7. The molecule has 0 aliphatic heterocycles. The molecule has 76 valence electrons. The number of rotatable bonds is 4. The van der Waals surface area contributed by atoms with E-state index in [9.17, 15) is 4.79 Å². The van der Waals surface area contributed by atoms with Gasteiger partial charge in [-0.3, -0.25) is 0 Å². The molecule has 2 nitrogen and oxygen atoms in total. The van der Waals surface area contributed by atoms with E-state index in [1.807, 2.05) is 25.1 Å². The molecule has 1 unspecified atom stereocenters. The summed E-state index contributed by atoms with van der Waals surface area (Å²) in [7, 11) is 0. The summed E-state index contributed by atoms with van der Waals surface area (Å²) in [6.45, 7) is 3.39. The van der Waals surface area contributed by atoms with Gasteiger partial charge in [-0.15, -0.1) is 0 Å². The van der Waals surface area contributed by atoms with Gasteiger partial charge >= 0.3 is 90.5 Å². The number of carbonyl (C=O) groups excluding carboxylic acids is 1. The van der Waals surface area contributed by atoms with Crippen molar-refractivity contribution in [2.45, 2.75) is 25.3 Å². The minimum atomic E-state index is -0.193. The van der Waals surface area contributed by atoms with Crippen molar-refractivity contribution in [3.05, 3.63) is 30.3 Å². The second-order valence-electron chi connectivity index (χ2n) is 3.04. The molecule has 0 aliphatic carbocycles. The quantitative estimate of drug-likeness (QED) is 0.602. The van der Waals surface area contributed by atoms with E-state index in [0.29, 0.717) is 15.0 Å². The molecule has 0 bridgehead atoms. The van der Waals surface area contributed by atoms with E-state index in [4.69, 9.17) is 4.74 Å². The van der Waals surface area contributed by atoms with Crippen LogP contribution in [0.5, 0.6) is 0 Å². The Hall–Kier alpha value is -0.791. The molecule has 0 N–H and O–H groups in total. The van der Waals surface area contributed by atoms with Crippen LogP contribution in [0.2, 0.25) is 5.32 Å². The molecule has 0 spiro atoms. The van der Waals surface area contributed by atoms with Gasteiger partial charge in [-0.2, -0.15) is 0 Å². The van der Waals surface area contributed by atoms with Crippen LogP contribution in [0.1, 0.15) is 13.8 Å². The van der Waals surface area contributed by atoms with Crippen LogP contribution in [0.25, 0.3) is 0 Å². The Morgan fingerprint density at radius 3 is 2.64 bits per heavy atom. The monoisotopic (exact) mass is 258 g/mol. The molecule has 1 aromatic carbocycles. The molecule has 0 saturated carbocycles. The van der Waals surface area contributed by atoms with Crippen LogP contribution in [-0.2, 0) is 9.53 Å². The van der Waals surface area contributed by atoms with Gasteiger partial charge in [-0.1, -0.05) is 0 Å². The summed E-state index contributed by atoms with van der Waals surface area (Å²) in [4.78, 5) is 10.7. The maximum atomic E-state index is 10.7. The van der Waals surface area contributed by atoms with E-state index in [0.717, 1.165) is 5.32 Å². The summed E-state index contributed by atoms with van der Waals surface area (Å²) in [5, 5.41) is 0.941. The Balaban J connectivity index is 2.30. The molecule has 0 aromatic heterocycles. The molecule has 0 saturated heterocycles. The van der Waals surface area contributed by atoms with Crippen molar-refractivity contribution >= 4 is 25.4 Å². The van der Waals surface area contributed by atoms with E-state index < -0.39 is 0 Å². The molecule has 3 heteroatoms. The minimum absolute atomic E-state index is 0.0349. The van der Waals surface area contributed by atoms with Gasteiger partial charge in [0, 0.05) is 0 Å². The molecule has 0 aliphatic rings. The zero-order valence-electron chi connectivity index (χ0n) is 8.40. The summed E-state index contributed by atoms with van der Waals surface area (Å²) in [5.41, 5.74) is 0. The normalized spacial score (nSPS) is 12.1. The SMILES string of the molecule is CC(=O)OC(C)C[Se]c1ccccc1. The van der Waals surface area contributed by atoms with Crippen LogP contribution >= 0.6 is 0 Å². The van der Waals surface area contributed by atoms with Gasteiger partial charge in [0.05, 0.1) is 0 Å². The number of hydrogen-bond donors (Lipinski definition) is 0. The van der Waals surface area contributed by atoms with E-state index >= 15 is 0 Å². The second-order valence-corrected chi connectivity index (χ2v) is 5.34. The Morgan fingerprint density at radius 1 is 1.43 bits per heavy atom. The number of carbonyl (C=O) groups is 1. The zero-order chi connectivity index (χ0) is 10.4. The first-order chi connectivity index (χ1) is 6.68. The van der Waals surface area contributed by atoms with E-state index in [1.54, 1.807) is 0 Å². The van der Waals surface area contributed by atoms with Crippen LogP contribution in [0.15, 0.2) is 30.3 Å². The van der Waals surface area contributed by atoms with Gasteiger partial charge in [0.15, 0.2) is 0 Å². The van der Waals surface area contributed by atoms with Gasteiger partial charge < -0.3 is 0 Å². The third-order valence-electron chi connectivity index (χ3n) is 1.60. The first kappa shape index (κ1) is 11.3. The molecule has 1 aromatic rings. The van der Waals surface area contributed by atoms with Gasteiger partial charge in [0.1, 0.15) is 0 Å². The average Bonchev–Trinajstić information content (AvgIpc) is 2.15. The summed E-state index contributed by atoms with van der Waals surface area (Å²) in [5.74, 6) is -0.193. The fraction of sp³-hybridized carbons (Fsp3) is 0.364. The van der Waals surface area contributed by atoms with Crippen molar-refractivity contribution < 1.29 is 9.53 Å². The first-order valence-electron chi connectivity index (χ1n) is 4.53. The van der Waals surface area contributed by atoms with Crippen molar-refractivity contribution in [1.82, 2.24) is 0 Å². The van der Waals surface area contributed by atoms with Crippen molar-refractivity contribution in [1.29, 1.82) is 0 Å². The van der Waals surface area contributed by atoms with Crippen LogP contribution in [-0.4, -0.2) is 27.0 Å². The molecule has 0 amide bonds. The molecular formula is C11H14O2Se. The molecule has 1 atom stereocenters. The van der Waals surface area contributed by atoms with Gasteiger partial charge in [-0.05, 0) is 0 Å². The van der Waals surface area contributed by atoms with Gasteiger partial charge in [-0.25, -0.2) is 0 Å². The Kier molecular flexibility index (Phi) is 4.71. The summed E-state index contributed by atoms with van der Waals surface area (Å²) in [6.07, 6.45) is 0.0349. The Labute approximate surface area is 90.8 Å². The molecule has 0 radical (unpaired) electrons. The van der Waals surface area contributed by atoms with Gasteiger partial charge in [0.25, 0.3) is 0 Å². The van der Waals surface area contributed by atoms with E-state index in [1.165, 1.54) is 11.4 Å². The molecule has 14 heavy (non-hydrogen) atoms.